The Morgan fingerprint density at radius 3 is 2.91 bits per heavy atom. The van der Waals surface area contributed by atoms with E-state index in [1.165, 1.54) is 24.2 Å². The zero-order valence-corrected chi connectivity index (χ0v) is 13.0. The maximum absolute atomic E-state index is 5.36. The van der Waals surface area contributed by atoms with E-state index in [-0.39, 0.29) is 0 Å². The number of aliphatic imine (C=N–C) groups is 1. The minimum absolute atomic E-state index is 0.673. The van der Waals surface area contributed by atoms with Crippen molar-refractivity contribution in [3.8, 4) is 11.5 Å². The molecule has 116 valence electrons. The molecule has 0 unspecified atom stereocenters. The van der Waals surface area contributed by atoms with E-state index in [1.807, 2.05) is 24.4 Å². The van der Waals surface area contributed by atoms with Crippen molar-refractivity contribution in [1.82, 2.24) is 9.97 Å². The number of aromatic amines is 1. The van der Waals surface area contributed by atoms with Crippen LogP contribution in [0.4, 0.5) is 0 Å². The van der Waals surface area contributed by atoms with Crippen LogP contribution in [0.3, 0.4) is 0 Å². The number of benzene rings is 1. The first-order valence-electron chi connectivity index (χ1n) is 7.56. The first-order chi connectivity index (χ1) is 10.8. The van der Waals surface area contributed by atoms with Crippen LogP contribution in [0.2, 0.25) is 0 Å². The number of ether oxygens (including phenoxy) is 2. The molecule has 2 aromatic rings. The predicted molar refractivity (Wildman–Crippen MR) is 86.3 cm³/mol. The van der Waals surface area contributed by atoms with Gasteiger partial charge in [0.2, 0.25) is 0 Å². The van der Waals surface area contributed by atoms with Gasteiger partial charge >= 0.3 is 0 Å². The normalized spacial score (nSPS) is 14.5. The van der Waals surface area contributed by atoms with Crippen molar-refractivity contribution in [3.63, 3.8) is 0 Å². The second-order valence-electron chi connectivity index (χ2n) is 5.43. The van der Waals surface area contributed by atoms with Gasteiger partial charge in [-0.25, -0.2) is 4.98 Å². The lowest BCUT2D eigenvalue weighted by molar-refractivity contribution is 0.394. The average Bonchev–Trinajstić information content (AvgIpc) is 3.30. The van der Waals surface area contributed by atoms with E-state index in [1.54, 1.807) is 20.5 Å². The Hall–Kier alpha value is -2.30. The number of hydrogen-bond donors (Lipinski definition) is 1. The molecule has 1 aromatic heterocycles. The third kappa shape index (κ3) is 3.30. The lowest BCUT2D eigenvalue weighted by Gasteiger charge is -2.06. The second kappa shape index (κ2) is 6.64. The van der Waals surface area contributed by atoms with Crippen LogP contribution in [0.25, 0.3) is 0 Å². The molecule has 1 saturated carbocycles. The fourth-order valence-corrected chi connectivity index (χ4v) is 2.50. The van der Waals surface area contributed by atoms with Crippen LogP contribution < -0.4 is 9.47 Å². The fraction of sp³-hybridized carbons (Fsp3) is 0.412. The van der Waals surface area contributed by atoms with Crippen LogP contribution in [0.1, 0.15) is 35.7 Å². The Kier molecular flexibility index (Phi) is 4.42. The van der Waals surface area contributed by atoms with Crippen LogP contribution >= 0.6 is 0 Å². The summed E-state index contributed by atoms with van der Waals surface area (Å²) in [6.07, 6.45) is 7.07. The monoisotopic (exact) mass is 299 g/mol. The second-order valence-corrected chi connectivity index (χ2v) is 5.43. The fourth-order valence-electron chi connectivity index (χ4n) is 2.50. The molecule has 1 aliphatic carbocycles. The van der Waals surface area contributed by atoms with Gasteiger partial charge in [0.25, 0.3) is 0 Å². The number of aromatic nitrogens is 2. The molecule has 0 spiro atoms. The molecule has 0 bridgehead atoms. The summed E-state index contributed by atoms with van der Waals surface area (Å²) in [5.74, 6) is 2.22. The number of nitrogens with one attached hydrogen (secondary N) is 1. The van der Waals surface area contributed by atoms with Crippen molar-refractivity contribution in [3.05, 3.63) is 41.5 Å². The summed E-state index contributed by atoms with van der Waals surface area (Å²) in [6, 6.07) is 5.72. The number of H-pyrrole nitrogens is 1. The van der Waals surface area contributed by atoms with Gasteiger partial charge in [-0.05, 0) is 25.0 Å². The number of hydrogen-bond acceptors (Lipinski definition) is 4. The van der Waals surface area contributed by atoms with E-state index in [0.717, 1.165) is 30.0 Å². The van der Waals surface area contributed by atoms with Gasteiger partial charge in [0.05, 0.1) is 26.2 Å². The van der Waals surface area contributed by atoms with Crippen LogP contribution in [0.5, 0.6) is 11.5 Å². The lowest BCUT2D eigenvalue weighted by atomic mass is 10.2. The van der Waals surface area contributed by atoms with Crippen molar-refractivity contribution in [2.45, 2.75) is 25.2 Å². The summed E-state index contributed by atoms with van der Waals surface area (Å²) in [7, 11) is 3.29. The smallest absolute Gasteiger partial charge is 0.131 e. The van der Waals surface area contributed by atoms with Gasteiger partial charge in [-0.1, -0.05) is 0 Å². The Morgan fingerprint density at radius 1 is 1.32 bits per heavy atom. The third-order valence-electron chi connectivity index (χ3n) is 3.88. The number of rotatable bonds is 7. The summed E-state index contributed by atoms with van der Waals surface area (Å²) >= 11 is 0. The van der Waals surface area contributed by atoms with Crippen molar-refractivity contribution in [2.24, 2.45) is 4.99 Å². The van der Waals surface area contributed by atoms with Crippen molar-refractivity contribution < 1.29 is 9.47 Å². The number of methoxy groups -OCH3 is 2. The minimum Gasteiger partial charge on any atom is -0.497 e. The Morgan fingerprint density at radius 2 is 2.18 bits per heavy atom. The molecule has 1 heterocycles. The largest absolute Gasteiger partial charge is 0.497 e. The molecule has 0 saturated heterocycles. The van der Waals surface area contributed by atoms with Crippen LogP contribution in [-0.4, -0.2) is 36.9 Å². The molecule has 1 fully saturated rings. The van der Waals surface area contributed by atoms with Gasteiger partial charge in [0, 0.05) is 42.4 Å². The summed E-state index contributed by atoms with van der Waals surface area (Å²) in [6.45, 7) is 0.733. The van der Waals surface area contributed by atoms with E-state index >= 15 is 0 Å². The van der Waals surface area contributed by atoms with Crippen LogP contribution in [0.15, 0.2) is 29.5 Å². The highest BCUT2D eigenvalue weighted by molar-refractivity contribution is 5.83. The summed E-state index contributed by atoms with van der Waals surface area (Å²) in [5, 5.41) is 0. The molecule has 1 aromatic carbocycles. The zero-order chi connectivity index (χ0) is 15.4. The highest BCUT2D eigenvalue weighted by Gasteiger charge is 2.27. The first-order valence-corrected chi connectivity index (χ1v) is 7.56. The molecule has 22 heavy (non-hydrogen) atoms. The molecule has 5 heteroatoms. The molecule has 0 aliphatic heterocycles. The topological polar surface area (TPSA) is 59.5 Å². The van der Waals surface area contributed by atoms with Gasteiger partial charge in [0.1, 0.15) is 11.5 Å². The predicted octanol–water partition coefficient (Wildman–Crippen LogP) is 2.97. The third-order valence-corrected chi connectivity index (χ3v) is 3.88. The number of nitrogens with zero attached hydrogens (tertiary/aromatic N) is 2. The molecule has 1 N–H and O–H groups in total. The molecule has 1 aliphatic rings. The standard InChI is InChI=1S/C17H21N3O2/c1-21-14-6-5-13(16(9-14)22-2)10-18-8-7-15-17(12-3-4-12)20-11-19-15/h5-6,9-12H,3-4,7-8H2,1-2H3,(H,19,20)/b18-10+. The summed E-state index contributed by atoms with van der Waals surface area (Å²) < 4.78 is 10.6. The highest BCUT2D eigenvalue weighted by Crippen LogP contribution is 2.40. The van der Waals surface area contributed by atoms with Gasteiger partial charge < -0.3 is 14.5 Å². The summed E-state index contributed by atoms with van der Waals surface area (Å²) in [4.78, 5) is 12.2. The average molecular weight is 299 g/mol. The highest BCUT2D eigenvalue weighted by atomic mass is 16.5. The molecule has 3 rings (SSSR count). The van der Waals surface area contributed by atoms with Gasteiger partial charge in [-0.2, -0.15) is 0 Å². The minimum atomic E-state index is 0.673. The van der Waals surface area contributed by atoms with Gasteiger partial charge in [-0.15, -0.1) is 0 Å². The number of imidazole rings is 1. The maximum atomic E-state index is 5.36. The Balaban J connectivity index is 1.61. The zero-order valence-electron chi connectivity index (χ0n) is 13.0. The molecule has 0 amide bonds. The van der Waals surface area contributed by atoms with Crippen LogP contribution in [0, 0.1) is 0 Å². The van der Waals surface area contributed by atoms with Crippen molar-refractivity contribution >= 4 is 6.21 Å². The van der Waals surface area contributed by atoms with Gasteiger partial charge in [-0.3, -0.25) is 4.99 Å². The van der Waals surface area contributed by atoms with E-state index < -0.39 is 0 Å². The van der Waals surface area contributed by atoms with E-state index in [2.05, 4.69) is 15.0 Å². The molecule has 5 nitrogen and oxygen atoms in total. The quantitative estimate of drug-likeness (QED) is 0.800. The molecule has 0 radical (unpaired) electrons. The van der Waals surface area contributed by atoms with Gasteiger partial charge in [0.15, 0.2) is 0 Å². The van der Waals surface area contributed by atoms with Crippen molar-refractivity contribution in [1.29, 1.82) is 0 Å². The first kappa shape index (κ1) is 14.6. The van der Waals surface area contributed by atoms with Crippen molar-refractivity contribution in [2.75, 3.05) is 20.8 Å². The Bertz CT molecular complexity index is 660. The Labute approximate surface area is 130 Å². The van der Waals surface area contributed by atoms with E-state index in [9.17, 15) is 0 Å². The lowest BCUT2D eigenvalue weighted by Crippen LogP contribution is -1.97. The van der Waals surface area contributed by atoms with E-state index in [0.29, 0.717) is 5.92 Å². The molecule has 0 atom stereocenters. The molecular formula is C17H21N3O2. The van der Waals surface area contributed by atoms with E-state index in [4.69, 9.17) is 9.47 Å². The molecular weight excluding hydrogens is 278 g/mol. The maximum Gasteiger partial charge on any atom is 0.131 e. The summed E-state index contributed by atoms with van der Waals surface area (Å²) in [5.41, 5.74) is 3.41. The van der Waals surface area contributed by atoms with Crippen LogP contribution in [-0.2, 0) is 6.42 Å². The SMILES string of the molecule is COc1ccc(/C=N/CCc2[nH]cnc2C2CC2)c(OC)c1.